The average Bonchev–Trinajstić information content (AvgIpc) is 3.03. The third kappa shape index (κ3) is 3.70. The number of likely N-dealkylation sites (tertiary alicyclic amines) is 1. The lowest BCUT2D eigenvalue weighted by molar-refractivity contribution is 0.0864. The highest BCUT2D eigenvalue weighted by atomic mass is 16.5. The molecule has 0 saturated carbocycles. The molecule has 2 saturated heterocycles. The summed E-state index contributed by atoms with van der Waals surface area (Å²) >= 11 is 0. The molecule has 1 aromatic rings. The van der Waals surface area contributed by atoms with Crippen molar-refractivity contribution in [1.82, 2.24) is 10.2 Å². The first-order valence-electron chi connectivity index (χ1n) is 8.90. The molecule has 0 aromatic heterocycles. The molecule has 2 heterocycles. The van der Waals surface area contributed by atoms with Crippen LogP contribution in [0.1, 0.15) is 38.4 Å². The van der Waals surface area contributed by atoms with Crippen molar-refractivity contribution >= 4 is 0 Å². The van der Waals surface area contributed by atoms with Gasteiger partial charge >= 0.3 is 0 Å². The van der Waals surface area contributed by atoms with Gasteiger partial charge in [-0.3, -0.25) is 0 Å². The lowest BCUT2D eigenvalue weighted by Gasteiger charge is -2.37. The van der Waals surface area contributed by atoms with Crippen LogP contribution in [0.25, 0.3) is 0 Å². The van der Waals surface area contributed by atoms with Crippen LogP contribution in [-0.4, -0.2) is 43.7 Å². The van der Waals surface area contributed by atoms with Crippen molar-refractivity contribution in [2.75, 3.05) is 32.8 Å². The number of benzene rings is 1. The zero-order chi connectivity index (χ0) is 15.4. The summed E-state index contributed by atoms with van der Waals surface area (Å²) in [5.41, 5.74) is 1.33. The van der Waals surface area contributed by atoms with Crippen LogP contribution >= 0.6 is 0 Å². The van der Waals surface area contributed by atoms with E-state index < -0.39 is 0 Å². The van der Waals surface area contributed by atoms with Crippen molar-refractivity contribution in [2.24, 2.45) is 11.8 Å². The van der Waals surface area contributed by atoms with Crippen LogP contribution in [0.3, 0.4) is 0 Å². The Labute approximate surface area is 135 Å². The van der Waals surface area contributed by atoms with E-state index in [-0.39, 0.29) is 6.10 Å². The van der Waals surface area contributed by atoms with Crippen molar-refractivity contribution in [3.8, 4) is 0 Å². The van der Waals surface area contributed by atoms with Crippen LogP contribution in [0.2, 0.25) is 0 Å². The molecule has 22 heavy (non-hydrogen) atoms. The minimum Gasteiger partial charge on any atom is -0.373 e. The molecule has 4 atom stereocenters. The Morgan fingerprint density at radius 3 is 2.77 bits per heavy atom. The van der Waals surface area contributed by atoms with Crippen LogP contribution in [0.4, 0.5) is 0 Å². The van der Waals surface area contributed by atoms with Gasteiger partial charge in [-0.1, -0.05) is 44.2 Å². The number of hydrogen-bond donors (Lipinski definition) is 1. The van der Waals surface area contributed by atoms with Gasteiger partial charge in [0.05, 0.1) is 6.10 Å². The first kappa shape index (κ1) is 16.0. The molecule has 1 N–H and O–H groups in total. The number of hydrogen-bond acceptors (Lipinski definition) is 3. The van der Waals surface area contributed by atoms with Gasteiger partial charge in [0.15, 0.2) is 0 Å². The van der Waals surface area contributed by atoms with E-state index in [1.807, 2.05) is 0 Å². The number of ether oxygens (including phenoxy) is 1. The predicted octanol–water partition coefficient (Wildman–Crippen LogP) is 3.08. The molecule has 0 bridgehead atoms. The zero-order valence-electron chi connectivity index (χ0n) is 14.0. The predicted molar refractivity (Wildman–Crippen MR) is 90.9 cm³/mol. The molecule has 0 unspecified atom stereocenters. The molecule has 122 valence electrons. The van der Waals surface area contributed by atoms with E-state index in [4.69, 9.17) is 4.74 Å². The van der Waals surface area contributed by atoms with Crippen molar-refractivity contribution in [2.45, 2.75) is 38.8 Å². The zero-order valence-corrected chi connectivity index (χ0v) is 14.0. The fraction of sp³-hybridized carbons (Fsp3) is 0.684. The summed E-state index contributed by atoms with van der Waals surface area (Å²) in [6.07, 6.45) is 2.73. The third-order valence-corrected chi connectivity index (χ3v) is 5.42. The molecule has 3 heteroatoms. The summed E-state index contributed by atoms with van der Waals surface area (Å²) in [6, 6.07) is 11.4. The number of piperidine rings is 1. The molecule has 0 amide bonds. The molecule has 3 rings (SSSR count). The Morgan fingerprint density at radius 2 is 2.05 bits per heavy atom. The fourth-order valence-corrected chi connectivity index (χ4v) is 3.98. The first-order chi connectivity index (χ1) is 10.8. The number of nitrogens with one attached hydrogen (secondary N) is 1. The second-order valence-electron chi connectivity index (χ2n) is 6.92. The second kappa shape index (κ2) is 7.58. The SMILES string of the molecule is CCN1CC[C@@H](NC[C@H]2CCO[C@@H]2c2ccccc2)[C@H](C)C1. The molecule has 2 fully saturated rings. The summed E-state index contributed by atoms with van der Waals surface area (Å²) in [6.45, 7) is 10.3. The highest BCUT2D eigenvalue weighted by Gasteiger charge is 2.31. The van der Waals surface area contributed by atoms with E-state index in [2.05, 4.69) is 54.4 Å². The summed E-state index contributed by atoms with van der Waals surface area (Å²) in [7, 11) is 0. The van der Waals surface area contributed by atoms with Crippen molar-refractivity contribution < 1.29 is 4.74 Å². The Kier molecular flexibility index (Phi) is 5.51. The van der Waals surface area contributed by atoms with Crippen molar-refractivity contribution in [1.29, 1.82) is 0 Å². The molecule has 1 aromatic carbocycles. The fourth-order valence-electron chi connectivity index (χ4n) is 3.98. The molecule has 0 spiro atoms. The molecule has 0 aliphatic carbocycles. The van der Waals surface area contributed by atoms with Crippen LogP contribution in [-0.2, 0) is 4.74 Å². The Bertz CT molecular complexity index is 450. The molecule has 0 radical (unpaired) electrons. The van der Waals surface area contributed by atoms with Crippen LogP contribution in [0, 0.1) is 11.8 Å². The topological polar surface area (TPSA) is 24.5 Å². The van der Waals surface area contributed by atoms with E-state index in [0.717, 1.165) is 19.1 Å². The van der Waals surface area contributed by atoms with Gasteiger partial charge in [-0.2, -0.15) is 0 Å². The van der Waals surface area contributed by atoms with Gasteiger partial charge < -0.3 is 15.0 Å². The van der Waals surface area contributed by atoms with E-state index >= 15 is 0 Å². The molecule has 2 aliphatic rings. The van der Waals surface area contributed by atoms with E-state index in [1.165, 1.54) is 38.0 Å². The van der Waals surface area contributed by atoms with E-state index in [0.29, 0.717) is 12.0 Å². The Balaban J connectivity index is 1.53. The number of rotatable bonds is 5. The van der Waals surface area contributed by atoms with Gasteiger partial charge in [0.25, 0.3) is 0 Å². The van der Waals surface area contributed by atoms with Crippen molar-refractivity contribution in [3.05, 3.63) is 35.9 Å². The summed E-state index contributed by atoms with van der Waals surface area (Å²) in [5, 5.41) is 3.85. The van der Waals surface area contributed by atoms with Crippen LogP contribution in [0.15, 0.2) is 30.3 Å². The lowest BCUT2D eigenvalue weighted by atomic mass is 9.91. The summed E-state index contributed by atoms with van der Waals surface area (Å²) in [4.78, 5) is 2.56. The van der Waals surface area contributed by atoms with Crippen LogP contribution in [0.5, 0.6) is 0 Å². The quantitative estimate of drug-likeness (QED) is 0.904. The maximum atomic E-state index is 6.00. The Morgan fingerprint density at radius 1 is 1.23 bits per heavy atom. The first-order valence-corrected chi connectivity index (χ1v) is 8.90. The van der Waals surface area contributed by atoms with Crippen molar-refractivity contribution in [3.63, 3.8) is 0 Å². The van der Waals surface area contributed by atoms with Gasteiger partial charge in [0.1, 0.15) is 0 Å². The molecular formula is C19H30N2O. The van der Waals surface area contributed by atoms with Gasteiger partial charge in [0, 0.05) is 31.7 Å². The summed E-state index contributed by atoms with van der Waals surface area (Å²) in [5.74, 6) is 1.35. The number of nitrogens with zero attached hydrogens (tertiary/aromatic N) is 1. The molecular weight excluding hydrogens is 272 g/mol. The highest BCUT2D eigenvalue weighted by molar-refractivity contribution is 5.19. The van der Waals surface area contributed by atoms with Gasteiger partial charge in [-0.25, -0.2) is 0 Å². The highest BCUT2D eigenvalue weighted by Crippen LogP contribution is 2.34. The molecule has 2 aliphatic heterocycles. The molecule has 3 nitrogen and oxygen atoms in total. The maximum absolute atomic E-state index is 6.00. The van der Waals surface area contributed by atoms with Crippen LogP contribution < -0.4 is 5.32 Å². The summed E-state index contributed by atoms with van der Waals surface area (Å²) < 4.78 is 6.00. The standard InChI is InChI=1S/C19H30N2O/c1-3-21-11-9-18(15(2)14-21)20-13-17-10-12-22-19(17)16-7-5-4-6-8-16/h4-8,15,17-20H,3,9-14H2,1-2H3/t15-,17-,18-,19-/m1/s1. The smallest absolute Gasteiger partial charge is 0.0866 e. The largest absolute Gasteiger partial charge is 0.373 e. The van der Waals surface area contributed by atoms with Gasteiger partial charge in [-0.05, 0) is 37.4 Å². The van der Waals surface area contributed by atoms with E-state index in [9.17, 15) is 0 Å². The monoisotopic (exact) mass is 302 g/mol. The Hall–Kier alpha value is -0.900. The normalized spacial score (nSPS) is 33.2. The van der Waals surface area contributed by atoms with E-state index in [1.54, 1.807) is 0 Å². The average molecular weight is 302 g/mol. The van der Waals surface area contributed by atoms with Gasteiger partial charge in [-0.15, -0.1) is 0 Å². The van der Waals surface area contributed by atoms with Gasteiger partial charge in [0.2, 0.25) is 0 Å². The second-order valence-corrected chi connectivity index (χ2v) is 6.92. The third-order valence-electron chi connectivity index (χ3n) is 5.42. The maximum Gasteiger partial charge on any atom is 0.0866 e. The minimum atomic E-state index is 0.278. The lowest BCUT2D eigenvalue weighted by Crippen LogP contribution is -2.49. The minimum absolute atomic E-state index is 0.278.